The molecule has 140 valence electrons. The highest BCUT2D eigenvalue weighted by atomic mass is 79.9. The van der Waals surface area contributed by atoms with Crippen LogP contribution in [0.15, 0.2) is 40.9 Å². The van der Waals surface area contributed by atoms with Crippen LogP contribution in [0.1, 0.15) is 23.2 Å². The first-order valence-electron chi connectivity index (χ1n) is 8.46. The zero-order chi connectivity index (χ0) is 19.0. The van der Waals surface area contributed by atoms with E-state index in [9.17, 15) is 4.79 Å². The number of nitrogens with zero attached hydrogens (tertiary/aromatic N) is 2. The molecule has 1 aliphatic heterocycles. The highest BCUT2D eigenvalue weighted by molar-refractivity contribution is 9.10. The monoisotopic (exact) mass is 484 g/mol. The summed E-state index contributed by atoms with van der Waals surface area (Å²) in [7, 11) is 0. The van der Waals surface area contributed by atoms with Crippen LogP contribution in [0.3, 0.4) is 0 Å². The summed E-state index contributed by atoms with van der Waals surface area (Å²) in [4.78, 5) is 19.7. The molecule has 2 heterocycles. The van der Waals surface area contributed by atoms with Gasteiger partial charge in [0.2, 0.25) is 0 Å². The van der Waals surface area contributed by atoms with Gasteiger partial charge in [0.05, 0.1) is 33.0 Å². The Hall–Kier alpha value is -1.18. The van der Waals surface area contributed by atoms with Gasteiger partial charge in [0.15, 0.2) is 5.13 Å². The smallest absolute Gasteiger partial charge is 0.261 e. The molecule has 0 radical (unpaired) electrons. The van der Waals surface area contributed by atoms with Crippen molar-refractivity contribution in [3.63, 3.8) is 0 Å². The van der Waals surface area contributed by atoms with Crippen LogP contribution in [0.25, 0.3) is 10.2 Å². The second-order valence-corrected chi connectivity index (χ2v) is 9.00. The number of anilines is 1. The summed E-state index contributed by atoms with van der Waals surface area (Å²) >= 11 is 17.4. The minimum Gasteiger partial charge on any atom is -0.376 e. The highest BCUT2D eigenvalue weighted by Gasteiger charge is 2.28. The molecule has 1 unspecified atom stereocenters. The van der Waals surface area contributed by atoms with Crippen LogP contribution < -0.4 is 4.90 Å². The highest BCUT2D eigenvalue weighted by Crippen LogP contribution is 2.35. The largest absolute Gasteiger partial charge is 0.376 e. The van der Waals surface area contributed by atoms with Gasteiger partial charge in [-0.1, -0.05) is 56.5 Å². The predicted octanol–water partition coefficient (Wildman–Crippen LogP) is 6.19. The van der Waals surface area contributed by atoms with Gasteiger partial charge in [0.1, 0.15) is 5.52 Å². The molecule has 1 aromatic heterocycles. The van der Waals surface area contributed by atoms with Crippen molar-refractivity contribution in [2.24, 2.45) is 0 Å². The second-order valence-electron chi connectivity index (χ2n) is 6.26. The number of carbonyl (C=O) groups is 1. The Morgan fingerprint density at radius 1 is 1.30 bits per heavy atom. The van der Waals surface area contributed by atoms with Crippen LogP contribution in [-0.4, -0.2) is 30.1 Å². The zero-order valence-corrected chi connectivity index (χ0v) is 18.0. The normalized spacial score (nSPS) is 16.8. The van der Waals surface area contributed by atoms with Crippen molar-refractivity contribution in [1.29, 1.82) is 0 Å². The molecule has 2 aromatic carbocycles. The van der Waals surface area contributed by atoms with E-state index in [0.29, 0.717) is 32.8 Å². The van der Waals surface area contributed by atoms with Crippen molar-refractivity contribution in [1.82, 2.24) is 4.98 Å². The number of rotatable bonds is 4. The number of halogens is 3. The molecule has 4 rings (SSSR count). The molecule has 1 saturated heterocycles. The standard InChI is InChI=1S/C19H15BrCl2N2O2S/c20-11-6-7-14(21)13(9-11)18(25)24(10-12-3-2-8-26-12)19-23-17-15(22)4-1-5-16(17)27-19/h1,4-7,9,12H,2-3,8,10H2. The molecule has 1 amide bonds. The molecule has 1 aliphatic rings. The molecule has 0 spiro atoms. The molecular weight excluding hydrogens is 471 g/mol. The van der Waals surface area contributed by atoms with E-state index >= 15 is 0 Å². The fourth-order valence-electron chi connectivity index (χ4n) is 3.07. The fraction of sp³-hybridized carbons (Fsp3) is 0.263. The number of hydrogen-bond donors (Lipinski definition) is 0. The summed E-state index contributed by atoms with van der Waals surface area (Å²) < 4.78 is 7.48. The number of amides is 1. The zero-order valence-electron chi connectivity index (χ0n) is 14.1. The Labute approximate surface area is 179 Å². The van der Waals surface area contributed by atoms with Gasteiger partial charge in [-0.3, -0.25) is 9.69 Å². The maximum Gasteiger partial charge on any atom is 0.261 e. The van der Waals surface area contributed by atoms with Crippen molar-refractivity contribution < 1.29 is 9.53 Å². The summed E-state index contributed by atoms with van der Waals surface area (Å²) in [5, 5.41) is 1.56. The molecular formula is C19H15BrCl2N2O2S. The molecule has 0 bridgehead atoms. The van der Waals surface area contributed by atoms with Crippen molar-refractivity contribution >= 4 is 71.7 Å². The summed E-state index contributed by atoms with van der Waals surface area (Å²) in [5.41, 5.74) is 1.12. The van der Waals surface area contributed by atoms with Gasteiger partial charge in [0, 0.05) is 11.1 Å². The number of carbonyl (C=O) groups excluding carboxylic acids is 1. The summed E-state index contributed by atoms with van der Waals surface area (Å²) in [6, 6.07) is 10.9. The number of benzene rings is 2. The van der Waals surface area contributed by atoms with Gasteiger partial charge in [-0.2, -0.15) is 0 Å². The van der Waals surface area contributed by atoms with E-state index in [-0.39, 0.29) is 12.0 Å². The fourth-order valence-corrected chi connectivity index (χ4v) is 4.90. The third-order valence-corrected chi connectivity index (χ3v) is 6.57. The second kappa shape index (κ2) is 8.05. The number of fused-ring (bicyclic) bond motifs is 1. The van der Waals surface area contributed by atoms with Crippen LogP contribution in [0, 0.1) is 0 Å². The van der Waals surface area contributed by atoms with E-state index in [0.717, 1.165) is 28.6 Å². The molecule has 4 nitrogen and oxygen atoms in total. The molecule has 1 atom stereocenters. The van der Waals surface area contributed by atoms with Gasteiger partial charge < -0.3 is 4.74 Å². The van der Waals surface area contributed by atoms with Gasteiger partial charge in [-0.15, -0.1) is 0 Å². The summed E-state index contributed by atoms with van der Waals surface area (Å²) in [5.74, 6) is -0.202. The number of thiazole rings is 1. The average Bonchev–Trinajstić information content (AvgIpc) is 3.31. The molecule has 0 saturated carbocycles. The van der Waals surface area contributed by atoms with Crippen LogP contribution in [0.4, 0.5) is 5.13 Å². The first-order chi connectivity index (χ1) is 13.0. The van der Waals surface area contributed by atoms with Crippen molar-refractivity contribution in [2.45, 2.75) is 18.9 Å². The Morgan fingerprint density at radius 3 is 2.89 bits per heavy atom. The van der Waals surface area contributed by atoms with E-state index in [1.54, 1.807) is 29.2 Å². The lowest BCUT2D eigenvalue weighted by Crippen LogP contribution is -2.37. The van der Waals surface area contributed by atoms with Crippen molar-refractivity contribution in [2.75, 3.05) is 18.1 Å². The maximum atomic E-state index is 13.4. The van der Waals surface area contributed by atoms with Crippen LogP contribution in [0.5, 0.6) is 0 Å². The third-order valence-electron chi connectivity index (χ3n) is 4.40. The minimum atomic E-state index is -0.202. The van der Waals surface area contributed by atoms with E-state index in [2.05, 4.69) is 20.9 Å². The molecule has 27 heavy (non-hydrogen) atoms. The molecule has 3 aromatic rings. The Morgan fingerprint density at radius 2 is 2.15 bits per heavy atom. The van der Waals surface area contributed by atoms with Gasteiger partial charge in [-0.25, -0.2) is 4.98 Å². The van der Waals surface area contributed by atoms with Crippen LogP contribution in [-0.2, 0) is 4.74 Å². The average molecular weight is 486 g/mol. The van der Waals surface area contributed by atoms with Crippen molar-refractivity contribution in [3.05, 3.63) is 56.5 Å². The number of para-hydroxylation sites is 1. The topological polar surface area (TPSA) is 42.4 Å². The number of hydrogen-bond acceptors (Lipinski definition) is 4. The van der Waals surface area contributed by atoms with Crippen LogP contribution in [0.2, 0.25) is 10.0 Å². The molecule has 1 fully saturated rings. The van der Waals surface area contributed by atoms with Gasteiger partial charge >= 0.3 is 0 Å². The lowest BCUT2D eigenvalue weighted by Gasteiger charge is -2.23. The van der Waals surface area contributed by atoms with Gasteiger partial charge in [-0.05, 0) is 43.2 Å². The SMILES string of the molecule is O=C(c1cc(Br)ccc1Cl)N(CC1CCCO1)c1nc2c(Cl)cccc2s1. The molecule has 0 aliphatic carbocycles. The number of aromatic nitrogens is 1. The lowest BCUT2D eigenvalue weighted by atomic mass is 10.1. The third kappa shape index (κ3) is 4.00. The van der Waals surface area contributed by atoms with E-state index in [1.165, 1.54) is 11.3 Å². The Balaban J connectivity index is 1.76. The first-order valence-corrected chi connectivity index (χ1v) is 10.8. The Bertz CT molecular complexity index is 1000. The van der Waals surface area contributed by atoms with E-state index in [1.807, 2.05) is 12.1 Å². The first kappa shape index (κ1) is 19.2. The Kier molecular flexibility index (Phi) is 5.71. The maximum absolute atomic E-state index is 13.4. The van der Waals surface area contributed by atoms with Crippen LogP contribution >= 0.6 is 50.5 Å². The summed E-state index contributed by atoms with van der Waals surface area (Å²) in [6.07, 6.45) is 1.90. The molecule has 8 heteroatoms. The predicted molar refractivity (Wildman–Crippen MR) is 114 cm³/mol. The van der Waals surface area contributed by atoms with Crippen molar-refractivity contribution in [3.8, 4) is 0 Å². The molecule has 0 N–H and O–H groups in total. The van der Waals surface area contributed by atoms with E-state index < -0.39 is 0 Å². The quantitative estimate of drug-likeness (QED) is 0.442. The van der Waals surface area contributed by atoms with E-state index in [4.69, 9.17) is 27.9 Å². The lowest BCUT2D eigenvalue weighted by molar-refractivity contribution is 0.0917. The minimum absolute atomic E-state index is 0.0117. The number of ether oxygens (including phenoxy) is 1. The van der Waals surface area contributed by atoms with Gasteiger partial charge in [0.25, 0.3) is 5.91 Å². The summed E-state index contributed by atoms with van der Waals surface area (Å²) in [6.45, 7) is 1.15.